The van der Waals surface area contributed by atoms with Gasteiger partial charge in [-0.1, -0.05) is 24.3 Å². The van der Waals surface area contributed by atoms with E-state index in [2.05, 4.69) is 10.1 Å². The van der Waals surface area contributed by atoms with Gasteiger partial charge in [-0.2, -0.15) is 0 Å². The van der Waals surface area contributed by atoms with Crippen molar-refractivity contribution in [1.82, 2.24) is 5.32 Å². The van der Waals surface area contributed by atoms with Crippen molar-refractivity contribution in [1.29, 1.82) is 0 Å². The summed E-state index contributed by atoms with van der Waals surface area (Å²) in [6.07, 6.45) is -5.89. The number of halogens is 3. The van der Waals surface area contributed by atoms with Crippen LogP contribution in [0.1, 0.15) is 24.2 Å². The van der Waals surface area contributed by atoms with Gasteiger partial charge >= 0.3 is 12.1 Å². The number of hydrogen-bond acceptors (Lipinski definition) is 9. The van der Waals surface area contributed by atoms with Crippen LogP contribution in [0.2, 0.25) is 0 Å². The smallest absolute Gasteiger partial charge is 0.542 e. The third-order valence-electron chi connectivity index (χ3n) is 4.76. The van der Waals surface area contributed by atoms with Crippen molar-refractivity contribution in [2.24, 2.45) is 0 Å². The molecule has 3 rings (SSSR count). The number of fused-ring (bicyclic) bond motifs is 1. The van der Waals surface area contributed by atoms with Crippen LogP contribution >= 0.6 is 0 Å². The van der Waals surface area contributed by atoms with Gasteiger partial charge in [-0.3, -0.25) is 0 Å². The first-order chi connectivity index (χ1) is 15.4. The molecule has 1 aliphatic rings. The molecule has 2 N–H and O–H groups in total. The minimum Gasteiger partial charge on any atom is -0.542 e. The maximum atomic E-state index is 12.6. The van der Waals surface area contributed by atoms with Crippen LogP contribution in [0.25, 0.3) is 0 Å². The maximum Gasteiger partial charge on any atom is 0.573 e. The predicted molar refractivity (Wildman–Crippen MR) is 99.7 cm³/mol. The number of ether oxygens (including phenoxy) is 3. The zero-order valence-corrected chi connectivity index (χ0v) is 17.0. The lowest BCUT2D eigenvalue weighted by molar-refractivity contribution is -0.362. The van der Waals surface area contributed by atoms with E-state index in [0.717, 1.165) is 6.07 Å². The van der Waals surface area contributed by atoms with Crippen LogP contribution in [0.4, 0.5) is 13.2 Å². The molecule has 33 heavy (non-hydrogen) atoms. The number of alkyl halides is 3. The van der Waals surface area contributed by atoms with Gasteiger partial charge in [0.1, 0.15) is 17.7 Å². The molecule has 2 atom stereocenters. The Morgan fingerprint density at radius 2 is 1.76 bits per heavy atom. The Labute approximate surface area is 185 Å². The summed E-state index contributed by atoms with van der Waals surface area (Å²) in [6.45, 7) is 1.64. The molecule has 2 aromatic carbocycles. The number of aliphatic hydroxyl groups is 1. The molecule has 2 unspecified atom stereocenters. The van der Waals surface area contributed by atoms with Gasteiger partial charge in [-0.15, -0.1) is 13.2 Å². The molecule has 0 saturated heterocycles. The highest BCUT2D eigenvalue weighted by Crippen LogP contribution is 2.40. The molecular formula is C21H18F3NO8-2. The van der Waals surface area contributed by atoms with Gasteiger partial charge in [0.15, 0.2) is 11.5 Å². The van der Waals surface area contributed by atoms with Crippen molar-refractivity contribution in [2.75, 3.05) is 6.54 Å². The molecule has 0 radical (unpaired) electrons. The molecule has 0 amide bonds. The summed E-state index contributed by atoms with van der Waals surface area (Å²) in [7, 11) is 0. The van der Waals surface area contributed by atoms with E-state index in [0.29, 0.717) is 12.0 Å². The molecule has 12 heteroatoms. The van der Waals surface area contributed by atoms with E-state index in [-0.39, 0.29) is 29.6 Å². The van der Waals surface area contributed by atoms with Gasteiger partial charge in [0.05, 0.1) is 6.10 Å². The SMILES string of the molecule is CC(Cc1ccc2c(c1)OC(C(=O)[O-])(C(=O)[O-])O2)NCC(O)c1ccccc1OC(F)(F)F. The predicted octanol–water partition coefficient (Wildman–Crippen LogP) is -0.193. The Morgan fingerprint density at radius 1 is 1.12 bits per heavy atom. The lowest BCUT2D eigenvalue weighted by Gasteiger charge is -2.28. The number of benzene rings is 2. The number of nitrogens with one attached hydrogen (secondary N) is 1. The molecule has 0 aliphatic carbocycles. The van der Waals surface area contributed by atoms with Crippen molar-refractivity contribution in [2.45, 2.75) is 37.6 Å². The van der Waals surface area contributed by atoms with E-state index in [1.54, 1.807) is 13.0 Å². The van der Waals surface area contributed by atoms with Crippen LogP contribution in [0.5, 0.6) is 17.2 Å². The summed E-state index contributed by atoms with van der Waals surface area (Å²) in [6, 6.07) is 9.18. The summed E-state index contributed by atoms with van der Waals surface area (Å²) in [4.78, 5) is 22.4. The van der Waals surface area contributed by atoms with E-state index in [1.807, 2.05) is 0 Å². The summed E-state index contributed by atoms with van der Waals surface area (Å²) >= 11 is 0. The Kier molecular flexibility index (Phi) is 6.70. The van der Waals surface area contributed by atoms with Crippen molar-refractivity contribution in [3.05, 3.63) is 53.6 Å². The Balaban J connectivity index is 1.62. The van der Waals surface area contributed by atoms with E-state index in [9.17, 15) is 38.1 Å². The second kappa shape index (κ2) is 9.16. The molecule has 0 bridgehead atoms. The van der Waals surface area contributed by atoms with Gasteiger partial charge in [0, 0.05) is 18.2 Å². The molecule has 0 aromatic heterocycles. The Morgan fingerprint density at radius 3 is 2.39 bits per heavy atom. The van der Waals surface area contributed by atoms with Gasteiger partial charge < -0.3 is 44.4 Å². The molecule has 2 aromatic rings. The highest BCUT2D eigenvalue weighted by Gasteiger charge is 2.45. The fourth-order valence-corrected chi connectivity index (χ4v) is 3.25. The average Bonchev–Trinajstić information content (AvgIpc) is 3.12. The minimum atomic E-state index is -4.90. The standard InChI is InChI=1S/C21H20F3NO8/c1-11(25-10-14(26)13-4-2-3-5-15(13)33-21(22,23)24)8-12-6-7-16-17(9-12)32-20(31-16,18(27)28)19(29)30/h2-7,9,11,14,25-26H,8,10H2,1H3,(H,27,28)(H,29,30)/p-2. The number of carboxylic acid groups (broad SMARTS) is 2. The number of para-hydroxylation sites is 1. The molecule has 178 valence electrons. The van der Waals surface area contributed by atoms with Crippen molar-refractivity contribution >= 4 is 11.9 Å². The number of carbonyl (C=O) groups is 2. The third-order valence-corrected chi connectivity index (χ3v) is 4.76. The summed E-state index contributed by atoms with van der Waals surface area (Å²) in [5, 5.41) is 35.7. The fraction of sp³-hybridized carbons (Fsp3) is 0.333. The van der Waals surface area contributed by atoms with Crippen molar-refractivity contribution in [3.8, 4) is 17.2 Å². The van der Waals surface area contributed by atoms with Crippen LogP contribution in [0.15, 0.2) is 42.5 Å². The topological polar surface area (TPSA) is 140 Å². The Bertz CT molecular complexity index is 1030. The van der Waals surface area contributed by atoms with Crippen LogP contribution < -0.4 is 29.7 Å². The second-order valence-electron chi connectivity index (χ2n) is 7.29. The quantitative estimate of drug-likeness (QED) is 0.478. The summed E-state index contributed by atoms with van der Waals surface area (Å²) < 4.78 is 51.4. The third kappa shape index (κ3) is 5.46. The lowest BCUT2D eigenvalue weighted by Crippen LogP contribution is -2.64. The number of hydrogen-bond donors (Lipinski definition) is 2. The molecule has 1 aliphatic heterocycles. The maximum absolute atomic E-state index is 12.6. The van der Waals surface area contributed by atoms with Gasteiger partial charge in [0.2, 0.25) is 0 Å². The fourth-order valence-electron chi connectivity index (χ4n) is 3.25. The molecule has 9 nitrogen and oxygen atoms in total. The largest absolute Gasteiger partial charge is 0.573 e. The molecule has 1 heterocycles. The van der Waals surface area contributed by atoms with Crippen molar-refractivity contribution < 1.29 is 52.3 Å². The van der Waals surface area contributed by atoms with Crippen LogP contribution in [0, 0.1) is 0 Å². The average molecular weight is 469 g/mol. The first kappa shape index (κ1) is 24.1. The normalized spacial score (nSPS) is 16.2. The van der Waals surface area contributed by atoms with E-state index >= 15 is 0 Å². The number of rotatable bonds is 9. The molecular weight excluding hydrogens is 451 g/mol. The first-order valence-corrected chi connectivity index (χ1v) is 9.61. The molecule has 0 spiro atoms. The number of aliphatic carboxylic acids is 2. The van der Waals surface area contributed by atoms with Crippen LogP contribution in [-0.2, 0) is 16.0 Å². The summed E-state index contributed by atoms with van der Waals surface area (Å²) in [5.41, 5.74) is 0.554. The van der Waals surface area contributed by atoms with Gasteiger partial charge in [-0.05, 0) is 37.1 Å². The number of aliphatic hydroxyl groups excluding tert-OH is 1. The zero-order valence-electron chi connectivity index (χ0n) is 17.0. The van der Waals surface area contributed by atoms with E-state index in [4.69, 9.17) is 9.47 Å². The van der Waals surface area contributed by atoms with Crippen LogP contribution in [-0.4, -0.2) is 41.8 Å². The highest BCUT2D eigenvalue weighted by atomic mass is 19.4. The zero-order chi connectivity index (χ0) is 24.4. The molecule has 0 saturated carbocycles. The lowest BCUT2D eigenvalue weighted by atomic mass is 10.0. The number of carboxylic acids is 2. The number of carbonyl (C=O) groups excluding carboxylic acids is 2. The van der Waals surface area contributed by atoms with Gasteiger partial charge in [0.25, 0.3) is 0 Å². The highest BCUT2D eigenvalue weighted by molar-refractivity contribution is 5.99. The van der Waals surface area contributed by atoms with Crippen LogP contribution in [0.3, 0.4) is 0 Å². The van der Waals surface area contributed by atoms with E-state index < -0.39 is 35.9 Å². The van der Waals surface area contributed by atoms with Crippen molar-refractivity contribution in [3.63, 3.8) is 0 Å². The van der Waals surface area contributed by atoms with E-state index in [1.165, 1.54) is 30.3 Å². The monoisotopic (exact) mass is 469 g/mol. The first-order valence-electron chi connectivity index (χ1n) is 9.61. The summed E-state index contributed by atoms with van der Waals surface area (Å²) in [5.74, 6) is -8.10. The molecule has 0 fully saturated rings. The Hall–Kier alpha value is -3.51. The second-order valence-corrected chi connectivity index (χ2v) is 7.29. The minimum absolute atomic E-state index is 0.0431. The van der Waals surface area contributed by atoms with Gasteiger partial charge in [-0.25, -0.2) is 0 Å².